The maximum Gasteiger partial charge on any atom is 0.424 e. The molecule has 3 aliphatic rings. The molecular formula is C26H36N4O10S2. The molecule has 14 nitrogen and oxygen atoms in total. The Morgan fingerprint density at radius 3 is 2.31 bits per heavy atom. The maximum absolute atomic E-state index is 13.1. The first-order valence-electron chi connectivity index (χ1n) is 13.1. The molecule has 6 atom stereocenters. The largest absolute Gasteiger partial charge is 0.457 e. The van der Waals surface area contributed by atoms with Crippen molar-refractivity contribution in [2.75, 3.05) is 32.9 Å². The van der Waals surface area contributed by atoms with Crippen LogP contribution < -0.4 is 5.14 Å². The van der Waals surface area contributed by atoms with Gasteiger partial charge in [-0.25, -0.2) is 19.5 Å². The normalized spacial score (nSPS) is 25.7. The lowest BCUT2D eigenvalue weighted by Crippen LogP contribution is -2.63. The van der Waals surface area contributed by atoms with Crippen molar-refractivity contribution in [1.29, 1.82) is 0 Å². The highest BCUT2D eigenvalue weighted by Gasteiger charge is 2.60. The number of thioether (sulfide) groups is 1. The first kappa shape index (κ1) is 33.2. The zero-order valence-electron chi connectivity index (χ0n) is 23.4. The Bertz CT molecular complexity index is 1270. The lowest BCUT2D eigenvalue weighted by Gasteiger charge is -2.46. The highest BCUT2D eigenvalue weighted by atomic mass is 32.2. The Labute approximate surface area is 249 Å². The number of nitrogens with zero attached hydrogens (tertiary/aromatic N) is 3. The number of aliphatic hydroxyl groups excluding tert-OH is 1. The quantitative estimate of drug-likeness (QED) is 0.129. The summed E-state index contributed by atoms with van der Waals surface area (Å²) in [6.07, 6.45) is 1.23. The van der Waals surface area contributed by atoms with E-state index < -0.39 is 70.2 Å². The van der Waals surface area contributed by atoms with Gasteiger partial charge in [0.2, 0.25) is 5.91 Å². The molecule has 0 aromatic heterocycles. The third kappa shape index (κ3) is 6.82. The van der Waals surface area contributed by atoms with E-state index in [1.165, 1.54) is 46.7 Å². The van der Waals surface area contributed by atoms with Gasteiger partial charge in [0.05, 0.1) is 30.7 Å². The molecule has 0 aromatic carbocycles. The van der Waals surface area contributed by atoms with E-state index in [4.69, 9.17) is 19.3 Å². The monoisotopic (exact) mass is 628 g/mol. The van der Waals surface area contributed by atoms with E-state index in [1.807, 2.05) is 6.92 Å². The fourth-order valence-electron chi connectivity index (χ4n) is 5.30. The molecule has 2 fully saturated rings. The van der Waals surface area contributed by atoms with Crippen LogP contribution in [-0.2, 0) is 34.0 Å². The molecule has 3 aliphatic heterocycles. The van der Waals surface area contributed by atoms with Gasteiger partial charge in [-0.2, -0.15) is 12.7 Å². The molecule has 42 heavy (non-hydrogen) atoms. The van der Waals surface area contributed by atoms with Crippen LogP contribution in [-0.4, -0.2) is 108 Å². The number of esters is 1. The fraction of sp³-hybridized carbons (Fsp3) is 0.538. The molecule has 0 spiro atoms. The molecule has 0 saturated carbocycles. The van der Waals surface area contributed by atoms with E-state index in [1.54, 1.807) is 0 Å². The maximum atomic E-state index is 13.1. The second-order valence-electron chi connectivity index (χ2n) is 9.94. The molecule has 0 bridgehead atoms. The molecule has 3 rings (SSSR count). The molecule has 0 unspecified atom stereocenters. The van der Waals surface area contributed by atoms with Crippen LogP contribution >= 0.6 is 11.8 Å². The van der Waals surface area contributed by atoms with E-state index in [9.17, 15) is 32.7 Å². The summed E-state index contributed by atoms with van der Waals surface area (Å²) >= 11 is 1.24. The minimum atomic E-state index is -4.58. The van der Waals surface area contributed by atoms with Crippen LogP contribution in [0.1, 0.15) is 20.3 Å². The average Bonchev–Trinajstić information content (AvgIpc) is 3.43. The van der Waals surface area contributed by atoms with Crippen LogP contribution in [0.15, 0.2) is 48.6 Å². The van der Waals surface area contributed by atoms with Gasteiger partial charge >= 0.3 is 28.4 Å². The number of hydrogen-bond acceptors (Lipinski definition) is 11. The van der Waals surface area contributed by atoms with Crippen LogP contribution in [0, 0.1) is 11.8 Å². The van der Waals surface area contributed by atoms with Gasteiger partial charge in [-0.15, -0.1) is 11.8 Å². The molecular weight excluding hydrogens is 592 g/mol. The zero-order chi connectivity index (χ0) is 31.4. The summed E-state index contributed by atoms with van der Waals surface area (Å²) in [5.74, 6) is -2.18. The summed E-state index contributed by atoms with van der Waals surface area (Å²) in [6, 6.07) is -1.33. The smallest absolute Gasteiger partial charge is 0.424 e. The second kappa shape index (κ2) is 13.8. The topological polar surface area (TPSA) is 186 Å². The predicted octanol–water partition coefficient (Wildman–Crippen LogP) is 1.11. The Hall–Kier alpha value is -3.34. The summed E-state index contributed by atoms with van der Waals surface area (Å²) in [5.41, 5.74) is 0.0599. The fourth-order valence-corrected chi connectivity index (χ4v) is 7.50. The lowest BCUT2D eigenvalue weighted by atomic mass is 9.79. The highest BCUT2D eigenvalue weighted by Crippen LogP contribution is 2.52. The molecule has 2 saturated heterocycles. The summed E-state index contributed by atoms with van der Waals surface area (Å²) < 4.78 is 40.2. The third-order valence-corrected chi connectivity index (χ3v) is 9.48. The number of fused-ring (bicyclic) bond motifs is 1. The third-order valence-electron chi connectivity index (χ3n) is 7.08. The molecule has 3 heterocycles. The summed E-state index contributed by atoms with van der Waals surface area (Å²) in [6.45, 7) is 12.9. The van der Waals surface area contributed by atoms with Gasteiger partial charge in [-0.1, -0.05) is 44.9 Å². The van der Waals surface area contributed by atoms with Gasteiger partial charge in [0.1, 0.15) is 25.5 Å². The number of nitrogens with two attached hydrogens (primary N) is 1. The van der Waals surface area contributed by atoms with E-state index in [0.717, 1.165) is 0 Å². The number of amides is 3. The van der Waals surface area contributed by atoms with Crippen LogP contribution in [0.4, 0.5) is 9.59 Å². The molecule has 0 aliphatic carbocycles. The number of rotatable bonds is 13. The molecule has 3 N–H and O–H groups in total. The molecule has 232 valence electrons. The molecule has 3 amide bonds. The van der Waals surface area contributed by atoms with Crippen LogP contribution in [0.5, 0.6) is 0 Å². The Balaban J connectivity index is 1.93. The predicted molar refractivity (Wildman–Crippen MR) is 153 cm³/mol. The van der Waals surface area contributed by atoms with Crippen molar-refractivity contribution in [1.82, 2.24) is 14.1 Å². The lowest BCUT2D eigenvalue weighted by molar-refractivity contribution is -0.164. The van der Waals surface area contributed by atoms with Crippen molar-refractivity contribution in [2.45, 2.75) is 43.7 Å². The average molecular weight is 629 g/mol. The van der Waals surface area contributed by atoms with Gasteiger partial charge < -0.3 is 29.1 Å². The molecule has 0 aromatic rings. The number of carbonyl (C=O) groups excluding carboxylic acids is 4. The molecule has 16 heteroatoms. The number of hydrogen-bond donors (Lipinski definition) is 2. The highest BCUT2D eigenvalue weighted by molar-refractivity contribution is 8.03. The van der Waals surface area contributed by atoms with Crippen molar-refractivity contribution in [3.8, 4) is 0 Å². The second-order valence-corrected chi connectivity index (χ2v) is 12.8. The van der Waals surface area contributed by atoms with Crippen molar-refractivity contribution < 1.29 is 46.9 Å². The number of carbonyl (C=O) groups is 4. The zero-order valence-corrected chi connectivity index (χ0v) is 25.1. The number of likely N-dealkylation sites (tertiary alicyclic amines) is 1. The van der Waals surface area contributed by atoms with Gasteiger partial charge in [-0.05, 0) is 13.3 Å². The van der Waals surface area contributed by atoms with E-state index >= 15 is 0 Å². The van der Waals surface area contributed by atoms with Crippen LogP contribution in [0.25, 0.3) is 0 Å². The van der Waals surface area contributed by atoms with Crippen LogP contribution in [0.3, 0.4) is 0 Å². The minimum Gasteiger partial charge on any atom is -0.457 e. The van der Waals surface area contributed by atoms with Crippen molar-refractivity contribution in [3.63, 3.8) is 0 Å². The van der Waals surface area contributed by atoms with Crippen LogP contribution in [0.2, 0.25) is 0 Å². The summed E-state index contributed by atoms with van der Waals surface area (Å²) in [4.78, 5) is 54.6. The first-order valence-corrected chi connectivity index (χ1v) is 15.5. The van der Waals surface area contributed by atoms with Gasteiger partial charge in [0.15, 0.2) is 0 Å². The number of ether oxygens (including phenoxy) is 3. The summed E-state index contributed by atoms with van der Waals surface area (Å²) in [5, 5.41) is 15.1. The van der Waals surface area contributed by atoms with Gasteiger partial charge in [0.25, 0.3) is 0 Å². The molecule has 0 radical (unpaired) electrons. The van der Waals surface area contributed by atoms with Gasteiger partial charge in [0, 0.05) is 22.6 Å². The van der Waals surface area contributed by atoms with E-state index in [2.05, 4.69) is 19.7 Å². The van der Waals surface area contributed by atoms with Gasteiger partial charge in [-0.3, -0.25) is 4.79 Å². The van der Waals surface area contributed by atoms with E-state index in [-0.39, 0.29) is 44.4 Å². The number of β-lactam (4-membered cyclic amide) rings is 1. The Morgan fingerprint density at radius 1 is 1.14 bits per heavy atom. The Kier molecular flexibility index (Phi) is 10.9. The minimum absolute atomic E-state index is 0.0507. The summed E-state index contributed by atoms with van der Waals surface area (Å²) in [7, 11) is -4.58. The van der Waals surface area contributed by atoms with Crippen molar-refractivity contribution >= 4 is 46.0 Å². The van der Waals surface area contributed by atoms with Crippen molar-refractivity contribution in [2.24, 2.45) is 17.0 Å². The van der Waals surface area contributed by atoms with Crippen molar-refractivity contribution in [3.05, 3.63) is 48.6 Å². The van der Waals surface area contributed by atoms with E-state index in [0.29, 0.717) is 9.21 Å². The SMILES string of the molecule is C=CCOC(=O)C1=C(S[C@H]2C[C@@H](CN(C(=O)OCC=C)S(N)(=O)=O)N(C(=O)OCC=C)C2)[C@H](C)[C@@H]2[C@@H]([C@@H](C)O)C(=O)N12. The number of aliphatic hydroxyl groups is 1. The standard InChI is InChI=1S/C26H36N4O10S2/c1-6-9-38-24(33)21-22(15(4)20-19(16(5)31)23(32)30(20)21)41-18-12-17(28(14-18)25(34)39-10-7-2)13-29(42(27,36)37)26(35)40-11-8-3/h6-8,15-20,31H,1-3,9-14H2,4-5H3,(H2,27,36,37)/t15-,16-,17+,18+,19-,20-/m1/s1. The Morgan fingerprint density at radius 2 is 1.74 bits per heavy atom. The first-order chi connectivity index (χ1) is 19.8.